The summed E-state index contributed by atoms with van der Waals surface area (Å²) < 4.78 is 2.24. The van der Waals surface area contributed by atoms with E-state index in [0.717, 1.165) is 41.0 Å². The van der Waals surface area contributed by atoms with Crippen LogP contribution in [0.25, 0.3) is 5.69 Å². The largest absolute Gasteiger partial charge is 0.322 e. The highest BCUT2D eigenvalue weighted by Crippen LogP contribution is 2.38. The minimum atomic E-state index is -0.201. The standard InChI is InChI=1S/C32H33N3O/c1-22(2)23-16-18-25(19-17-23)31-30-15-8-20-34(30)29-14-6-4-10-26(29)21-35(31)32(36)33-28-13-7-11-24-9-3-5-12-27(24)28/h4,6-8,10-11,13-20,22,31H,3,5,9,12,21H2,1-2H3,(H,33,36). The zero-order chi connectivity index (χ0) is 24.6. The van der Waals surface area contributed by atoms with Gasteiger partial charge in [-0.05, 0) is 83.7 Å². The number of aromatic nitrogens is 1. The van der Waals surface area contributed by atoms with Crippen molar-refractivity contribution in [3.63, 3.8) is 0 Å². The summed E-state index contributed by atoms with van der Waals surface area (Å²) in [6.07, 6.45) is 6.62. The molecular formula is C32H33N3O. The van der Waals surface area contributed by atoms with Crippen LogP contribution in [0.15, 0.2) is 85.1 Å². The van der Waals surface area contributed by atoms with Crippen molar-refractivity contribution in [1.29, 1.82) is 0 Å². The number of fused-ring (bicyclic) bond motifs is 4. The number of carbonyl (C=O) groups is 1. The van der Waals surface area contributed by atoms with E-state index in [1.165, 1.54) is 29.5 Å². The number of benzene rings is 3. The molecule has 0 spiro atoms. The maximum atomic E-state index is 14.1. The number of hydrogen-bond acceptors (Lipinski definition) is 1. The van der Waals surface area contributed by atoms with Crippen molar-refractivity contribution in [3.05, 3.63) is 119 Å². The van der Waals surface area contributed by atoms with Crippen LogP contribution in [0.3, 0.4) is 0 Å². The Kier molecular flexibility index (Phi) is 5.88. The Hall–Kier alpha value is -3.79. The van der Waals surface area contributed by atoms with E-state index < -0.39 is 0 Å². The number of nitrogens with zero attached hydrogens (tertiary/aromatic N) is 2. The smallest absolute Gasteiger partial charge is 0.318 e. The van der Waals surface area contributed by atoms with Crippen molar-refractivity contribution in [2.45, 2.75) is 58.0 Å². The number of nitrogens with one attached hydrogen (secondary N) is 1. The molecule has 0 radical (unpaired) electrons. The molecule has 4 heteroatoms. The lowest BCUT2D eigenvalue weighted by Crippen LogP contribution is -2.38. The second kappa shape index (κ2) is 9.34. The molecule has 1 N–H and O–H groups in total. The van der Waals surface area contributed by atoms with Crippen molar-refractivity contribution in [2.24, 2.45) is 0 Å². The zero-order valence-corrected chi connectivity index (χ0v) is 21.1. The summed E-state index contributed by atoms with van der Waals surface area (Å²) in [5, 5.41) is 3.33. The number of urea groups is 1. The molecule has 0 fully saturated rings. The van der Waals surface area contributed by atoms with Crippen molar-refractivity contribution in [1.82, 2.24) is 9.47 Å². The number of hydrogen-bond donors (Lipinski definition) is 1. The highest BCUT2D eigenvalue weighted by molar-refractivity contribution is 5.91. The molecule has 1 atom stereocenters. The lowest BCUT2D eigenvalue weighted by atomic mass is 9.90. The molecule has 3 aromatic carbocycles. The molecule has 2 amide bonds. The first-order valence-electron chi connectivity index (χ1n) is 13.1. The van der Waals surface area contributed by atoms with Crippen molar-refractivity contribution in [3.8, 4) is 5.69 Å². The molecule has 182 valence electrons. The van der Waals surface area contributed by atoms with Gasteiger partial charge in [-0.2, -0.15) is 0 Å². The predicted octanol–water partition coefficient (Wildman–Crippen LogP) is 7.62. The van der Waals surface area contributed by atoms with Gasteiger partial charge in [0.2, 0.25) is 0 Å². The van der Waals surface area contributed by atoms with Crippen LogP contribution in [0.4, 0.5) is 10.5 Å². The Morgan fingerprint density at radius 2 is 1.64 bits per heavy atom. The van der Waals surface area contributed by atoms with Gasteiger partial charge in [-0.3, -0.25) is 0 Å². The van der Waals surface area contributed by atoms with E-state index in [0.29, 0.717) is 12.5 Å². The number of anilines is 1. The van der Waals surface area contributed by atoms with Crippen molar-refractivity contribution >= 4 is 11.7 Å². The Morgan fingerprint density at radius 3 is 2.47 bits per heavy atom. The Bertz CT molecular complexity index is 1400. The van der Waals surface area contributed by atoms with Crippen LogP contribution in [0.5, 0.6) is 0 Å². The summed E-state index contributed by atoms with van der Waals surface area (Å²) in [5.41, 5.74) is 9.43. The lowest BCUT2D eigenvalue weighted by Gasteiger charge is -2.32. The molecule has 2 heterocycles. The summed E-state index contributed by atoms with van der Waals surface area (Å²) in [5.74, 6) is 0.463. The summed E-state index contributed by atoms with van der Waals surface area (Å²) in [6, 6.07) is 27.5. The number of aryl methyl sites for hydroxylation is 1. The third-order valence-electron chi connectivity index (χ3n) is 7.78. The lowest BCUT2D eigenvalue weighted by molar-refractivity contribution is 0.194. The third-order valence-corrected chi connectivity index (χ3v) is 7.78. The molecular weight excluding hydrogens is 442 g/mol. The van der Waals surface area contributed by atoms with Gasteiger partial charge < -0.3 is 14.8 Å². The van der Waals surface area contributed by atoms with Gasteiger partial charge in [-0.25, -0.2) is 4.79 Å². The van der Waals surface area contributed by atoms with Crippen LogP contribution in [-0.4, -0.2) is 15.5 Å². The Balaban J connectivity index is 1.44. The highest BCUT2D eigenvalue weighted by Gasteiger charge is 2.33. The van der Waals surface area contributed by atoms with E-state index in [1.807, 2.05) is 4.90 Å². The zero-order valence-electron chi connectivity index (χ0n) is 21.1. The van der Waals surface area contributed by atoms with E-state index >= 15 is 0 Å². The molecule has 6 rings (SSSR count). The van der Waals surface area contributed by atoms with E-state index in [9.17, 15) is 4.79 Å². The topological polar surface area (TPSA) is 37.3 Å². The molecule has 0 saturated carbocycles. The highest BCUT2D eigenvalue weighted by atomic mass is 16.2. The molecule has 1 aliphatic carbocycles. The van der Waals surface area contributed by atoms with Crippen molar-refractivity contribution in [2.75, 3.05) is 5.32 Å². The number of amides is 2. The summed E-state index contributed by atoms with van der Waals surface area (Å²) in [6.45, 7) is 4.96. The van der Waals surface area contributed by atoms with Gasteiger partial charge in [0.1, 0.15) is 0 Å². The number of rotatable bonds is 3. The first-order chi connectivity index (χ1) is 17.6. The van der Waals surface area contributed by atoms with Crippen molar-refractivity contribution < 1.29 is 4.79 Å². The van der Waals surface area contributed by atoms with Gasteiger partial charge >= 0.3 is 6.03 Å². The molecule has 1 aliphatic heterocycles. The third kappa shape index (κ3) is 4.01. The van der Waals surface area contributed by atoms with E-state index in [-0.39, 0.29) is 12.1 Å². The van der Waals surface area contributed by atoms with E-state index in [2.05, 4.69) is 109 Å². The van der Waals surface area contributed by atoms with Gasteiger partial charge in [-0.1, -0.05) is 68.4 Å². The second-order valence-electron chi connectivity index (χ2n) is 10.4. The first kappa shape index (κ1) is 22.7. The average molecular weight is 476 g/mol. The second-order valence-corrected chi connectivity index (χ2v) is 10.4. The fourth-order valence-corrected chi connectivity index (χ4v) is 5.84. The monoisotopic (exact) mass is 475 g/mol. The van der Waals surface area contributed by atoms with E-state index in [1.54, 1.807) is 0 Å². The van der Waals surface area contributed by atoms with Crippen LogP contribution >= 0.6 is 0 Å². The Labute approximate surface area is 213 Å². The maximum absolute atomic E-state index is 14.1. The molecule has 4 aromatic rings. The van der Waals surface area contributed by atoms with Gasteiger partial charge in [0.15, 0.2) is 0 Å². The molecule has 0 bridgehead atoms. The molecule has 4 nitrogen and oxygen atoms in total. The van der Waals surface area contributed by atoms with E-state index in [4.69, 9.17) is 0 Å². The summed E-state index contributed by atoms with van der Waals surface area (Å²) >= 11 is 0. The molecule has 1 aromatic heterocycles. The fourth-order valence-electron chi connectivity index (χ4n) is 5.84. The van der Waals surface area contributed by atoms with Crippen LogP contribution in [0, 0.1) is 0 Å². The number of carbonyl (C=O) groups excluding carboxylic acids is 1. The van der Waals surface area contributed by atoms with Crippen LogP contribution in [0.2, 0.25) is 0 Å². The fraction of sp³-hybridized carbons (Fsp3) is 0.281. The molecule has 2 aliphatic rings. The number of para-hydroxylation sites is 1. The maximum Gasteiger partial charge on any atom is 0.322 e. The molecule has 36 heavy (non-hydrogen) atoms. The molecule has 0 saturated heterocycles. The van der Waals surface area contributed by atoms with Crippen LogP contribution < -0.4 is 5.32 Å². The average Bonchev–Trinajstić information content (AvgIpc) is 3.33. The minimum absolute atomic E-state index is 0.0589. The normalized spacial score (nSPS) is 16.6. The SMILES string of the molecule is CC(C)c1ccc(C2c3cccn3-c3ccccc3CN2C(=O)Nc2cccc3c2CCCC3)cc1. The Morgan fingerprint density at radius 1 is 0.861 bits per heavy atom. The van der Waals surface area contributed by atoms with Crippen LogP contribution in [-0.2, 0) is 19.4 Å². The van der Waals surface area contributed by atoms with Gasteiger partial charge in [0.05, 0.1) is 18.3 Å². The van der Waals surface area contributed by atoms with Gasteiger partial charge in [0, 0.05) is 17.6 Å². The summed E-state index contributed by atoms with van der Waals surface area (Å²) in [4.78, 5) is 16.1. The first-order valence-corrected chi connectivity index (χ1v) is 13.1. The van der Waals surface area contributed by atoms with Crippen LogP contribution in [0.1, 0.15) is 72.2 Å². The predicted molar refractivity (Wildman–Crippen MR) is 146 cm³/mol. The molecule has 1 unspecified atom stereocenters. The minimum Gasteiger partial charge on any atom is -0.318 e. The van der Waals surface area contributed by atoms with Gasteiger partial charge in [0.25, 0.3) is 0 Å². The quantitative estimate of drug-likeness (QED) is 0.325. The van der Waals surface area contributed by atoms with Gasteiger partial charge in [-0.15, -0.1) is 0 Å². The summed E-state index contributed by atoms with van der Waals surface area (Å²) in [7, 11) is 0.